The topological polar surface area (TPSA) is 71.8 Å². The Hall–Kier alpha value is -1.99. The van der Waals surface area contributed by atoms with Gasteiger partial charge in [0.05, 0.1) is 16.4 Å². The number of amides is 1. The number of benzene rings is 1. The molecule has 25 heavy (non-hydrogen) atoms. The Morgan fingerprint density at radius 2 is 2.16 bits per heavy atom. The molecule has 0 saturated carbocycles. The summed E-state index contributed by atoms with van der Waals surface area (Å²) in [4.78, 5) is 12.5. The van der Waals surface area contributed by atoms with Crippen molar-refractivity contribution < 1.29 is 9.18 Å². The maximum absolute atomic E-state index is 13.3. The van der Waals surface area contributed by atoms with Crippen LogP contribution in [0.4, 0.5) is 4.39 Å². The summed E-state index contributed by atoms with van der Waals surface area (Å²) in [6.45, 7) is 6.46. The Labute approximate surface area is 150 Å². The molecule has 2 aromatic rings. The Bertz CT molecular complexity index is 785. The molecule has 1 saturated heterocycles. The van der Waals surface area contributed by atoms with E-state index < -0.39 is 5.82 Å². The largest absolute Gasteiger partial charge is 0.350 e. The van der Waals surface area contributed by atoms with Gasteiger partial charge in [0, 0.05) is 6.54 Å². The van der Waals surface area contributed by atoms with E-state index in [0.717, 1.165) is 25.9 Å². The summed E-state index contributed by atoms with van der Waals surface area (Å²) in [7, 11) is 0. The number of halogens is 2. The maximum Gasteiger partial charge on any atom is 0.273 e. The van der Waals surface area contributed by atoms with Gasteiger partial charge in [0.25, 0.3) is 5.91 Å². The Kier molecular flexibility index (Phi) is 5.06. The van der Waals surface area contributed by atoms with Crippen molar-refractivity contribution in [3.05, 3.63) is 40.4 Å². The van der Waals surface area contributed by atoms with Crippen LogP contribution in [0.3, 0.4) is 0 Å². The lowest BCUT2D eigenvalue weighted by molar-refractivity contribution is 0.0916. The zero-order valence-electron chi connectivity index (χ0n) is 14.3. The van der Waals surface area contributed by atoms with Crippen molar-refractivity contribution in [1.29, 1.82) is 0 Å². The van der Waals surface area contributed by atoms with E-state index in [9.17, 15) is 9.18 Å². The van der Waals surface area contributed by atoms with E-state index in [1.54, 1.807) is 13.0 Å². The highest BCUT2D eigenvalue weighted by atomic mass is 35.5. The molecular weight excluding hydrogens is 345 g/mol. The summed E-state index contributed by atoms with van der Waals surface area (Å²) in [6, 6.07) is 4.26. The first-order valence-corrected chi connectivity index (χ1v) is 8.64. The smallest absolute Gasteiger partial charge is 0.273 e. The van der Waals surface area contributed by atoms with Crippen molar-refractivity contribution in [3.63, 3.8) is 0 Å². The van der Waals surface area contributed by atoms with Gasteiger partial charge in [-0.25, -0.2) is 9.07 Å². The van der Waals surface area contributed by atoms with Crippen molar-refractivity contribution >= 4 is 17.5 Å². The average Bonchev–Trinajstić information content (AvgIpc) is 2.98. The fraction of sp³-hybridized carbons (Fsp3) is 0.471. The SMILES string of the molecule is Cc1c(C(=O)NCC2(C)CCNCC2)nnn1-c1ccc(F)c(Cl)c1. The van der Waals surface area contributed by atoms with E-state index in [1.165, 1.54) is 16.8 Å². The van der Waals surface area contributed by atoms with Gasteiger partial charge in [-0.15, -0.1) is 5.10 Å². The van der Waals surface area contributed by atoms with Crippen LogP contribution in [-0.2, 0) is 0 Å². The van der Waals surface area contributed by atoms with Crippen molar-refractivity contribution in [2.24, 2.45) is 5.41 Å². The molecule has 1 amide bonds. The number of hydrogen-bond donors (Lipinski definition) is 2. The van der Waals surface area contributed by atoms with Crippen LogP contribution in [0.2, 0.25) is 5.02 Å². The molecule has 0 atom stereocenters. The molecule has 1 aliphatic heterocycles. The first-order chi connectivity index (χ1) is 11.9. The predicted molar refractivity (Wildman–Crippen MR) is 93.6 cm³/mol. The molecule has 0 spiro atoms. The number of rotatable bonds is 4. The second-order valence-corrected chi connectivity index (χ2v) is 7.18. The van der Waals surface area contributed by atoms with Crippen molar-refractivity contribution in [1.82, 2.24) is 25.6 Å². The van der Waals surface area contributed by atoms with Gasteiger partial charge >= 0.3 is 0 Å². The number of nitrogens with zero attached hydrogens (tertiary/aromatic N) is 3. The van der Waals surface area contributed by atoms with Crippen molar-refractivity contribution in [3.8, 4) is 5.69 Å². The van der Waals surface area contributed by atoms with Gasteiger partial charge in [-0.1, -0.05) is 23.7 Å². The molecule has 0 aliphatic carbocycles. The lowest BCUT2D eigenvalue weighted by Crippen LogP contribution is -2.43. The van der Waals surface area contributed by atoms with E-state index in [0.29, 0.717) is 17.9 Å². The molecule has 0 radical (unpaired) electrons. The van der Waals surface area contributed by atoms with Crippen LogP contribution in [0.25, 0.3) is 5.69 Å². The Balaban J connectivity index is 1.73. The molecule has 2 N–H and O–H groups in total. The van der Waals surface area contributed by atoms with Gasteiger partial charge in [-0.05, 0) is 56.5 Å². The van der Waals surface area contributed by atoms with Crippen LogP contribution in [0.5, 0.6) is 0 Å². The molecule has 1 fully saturated rings. The number of carbonyl (C=O) groups is 1. The second kappa shape index (κ2) is 7.09. The number of hydrogen-bond acceptors (Lipinski definition) is 4. The highest BCUT2D eigenvalue weighted by Gasteiger charge is 2.28. The van der Waals surface area contributed by atoms with E-state index in [4.69, 9.17) is 11.6 Å². The van der Waals surface area contributed by atoms with Crippen molar-refractivity contribution in [2.75, 3.05) is 19.6 Å². The van der Waals surface area contributed by atoms with Crippen molar-refractivity contribution in [2.45, 2.75) is 26.7 Å². The first-order valence-electron chi connectivity index (χ1n) is 8.26. The fourth-order valence-corrected chi connectivity index (χ4v) is 3.16. The predicted octanol–water partition coefficient (Wildman–Crippen LogP) is 2.49. The van der Waals surface area contributed by atoms with Crippen LogP contribution < -0.4 is 10.6 Å². The third-order valence-electron chi connectivity index (χ3n) is 4.74. The summed E-state index contributed by atoms with van der Waals surface area (Å²) in [5, 5.41) is 14.3. The molecule has 134 valence electrons. The molecule has 3 rings (SSSR count). The summed E-state index contributed by atoms with van der Waals surface area (Å²) >= 11 is 5.82. The highest BCUT2D eigenvalue weighted by Crippen LogP contribution is 2.27. The molecule has 1 aromatic carbocycles. The molecule has 6 nitrogen and oxygen atoms in total. The van der Waals surface area contributed by atoms with E-state index in [-0.39, 0.29) is 22.0 Å². The summed E-state index contributed by atoms with van der Waals surface area (Å²) in [6.07, 6.45) is 2.04. The molecular formula is C17H21ClFN5O. The second-order valence-electron chi connectivity index (χ2n) is 6.78. The fourth-order valence-electron chi connectivity index (χ4n) is 2.99. The van der Waals surface area contributed by atoms with Gasteiger partial charge in [0.2, 0.25) is 0 Å². The van der Waals surface area contributed by atoms with Gasteiger partial charge in [0.15, 0.2) is 5.69 Å². The average molecular weight is 366 g/mol. The number of nitrogens with one attached hydrogen (secondary N) is 2. The zero-order chi connectivity index (χ0) is 18.0. The summed E-state index contributed by atoms with van der Waals surface area (Å²) in [5.41, 5.74) is 1.49. The van der Waals surface area contributed by atoms with Crippen LogP contribution in [-0.4, -0.2) is 40.5 Å². The van der Waals surface area contributed by atoms with E-state index in [1.807, 2.05) is 0 Å². The molecule has 1 aliphatic rings. The molecule has 0 unspecified atom stereocenters. The Morgan fingerprint density at radius 3 is 2.84 bits per heavy atom. The lowest BCUT2D eigenvalue weighted by Gasteiger charge is -2.34. The summed E-state index contributed by atoms with van der Waals surface area (Å²) < 4.78 is 14.8. The van der Waals surface area contributed by atoms with E-state index in [2.05, 4.69) is 27.9 Å². The third kappa shape index (κ3) is 3.82. The van der Waals surface area contributed by atoms with Crippen LogP contribution in [0.15, 0.2) is 18.2 Å². The molecule has 8 heteroatoms. The van der Waals surface area contributed by atoms with Gasteiger partial charge in [-0.3, -0.25) is 4.79 Å². The molecule has 1 aromatic heterocycles. The standard InChI is InChI=1S/C17H21ClFN5O/c1-11-15(16(25)21-10-17(2)5-7-20-8-6-17)22-23-24(11)12-3-4-14(19)13(18)9-12/h3-4,9,20H,5-8,10H2,1-2H3,(H,21,25). The quantitative estimate of drug-likeness (QED) is 0.873. The first kappa shape index (κ1) is 17.8. The van der Waals surface area contributed by atoms with E-state index >= 15 is 0 Å². The number of aromatic nitrogens is 3. The van der Waals surface area contributed by atoms with Crippen LogP contribution >= 0.6 is 11.6 Å². The zero-order valence-corrected chi connectivity index (χ0v) is 15.0. The third-order valence-corrected chi connectivity index (χ3v) is 5.03. The van der Waals surface area contributed by atoms with Gasteiger partial charge in [-0.2, -0.15) is 0 Å². The summed E-state index contributed by atoms with van der Waals surface area (Å²) in [5.74, 6) is -0.756. The monoisotopic (exact) mass is 365 g/mol. The number of carbonyl (C=O) groups excluding carboxylic acids is 1. The maximum atomic E-state index is 13.3. The van der Waals surface area contributed by atoms with Crippen LogP contribution in [0, 0.1) is 18.2 Å². The minimum Gasteiger partial charge on any atom is -0.350 e. The molecule has 2 heterocycles. The highest BCUT2D eigenvalue weighted by molar-refractivity contribution is 6.30. The van der Waals surface area contributed by atoms with Crippen LogP contribution in [0.1, 0.15) is 35.9 Å². The van der Waals surface area contributed by atoms with Gasteiger partial charge < -0.3 is 10.6 Å². The molecule has 0 bridgehead atoms. The normalized spacial score (nSPS) is 16.6. The lowest BCUT2D eigenvalue weighted by atomic mass is 9.81. The minimum atomic E-state index is -0.503. The Morgan fingerprint density at radius 1 is 1.44 bits per heavy atom. The van der Waals surface area contributed by atoms with Gasteiger partial charge in [0.1, 0.15) is 5.82 Å². The minimum absolute atomic E-state index is 0.00256. The number of piperidine rings is 1.